The third-order valence-electron chi connectivity index (χ3n) is 3.15. The fourth-order valence-electron chi connectivity index (χ4n) is 1.74. The summed E-state index contributed by atoms with van der Waals surface area (Å²) in [6.45, 7) is 4.56. The molecule has 0 amide bonds. The summed E-state index contributed by atoms with van der Waals surface area (Å²) >= 11 is 11.8. The van der Waals surface area contributed by atoms with Crippen molar-refractivity contribution < 1.29 is 19.1 Å². The van der Waals surface area contributed by atoms with Crippen molar-refractivity contribution in [2.45, 2.75) is 39.5 Å². The van der Waals surface area contributed by atoms with Crippen LogP contribution in [0.3, 0.4) is 0 Å². The maximum Gasteiger partial charge on any atom is 0.355 e. The zero-order valence-electron chi connectivity index (χ0n) is 14.4. The van der Waals surface area contributed by atoms with Crippen LogP contribution in [-0.4, -0.2) is 25.2 Å². The summed E-state index contributed by atoms with van der Waals surface area (Å²) < 4.78 is 10.2. The first-order chi connectivity index (χ1) is 12.0. The Morgan fingerprint density at radius 1 is 1.04 bits per heavy atom. The van der Waals surface area contributed by atoms with Crippen LogP contribution in [0.4, 0.5) is 5.69 Å². The zero-order valence-corrected chi connectivity index (χ0v) is 16.0. The van der Waals surface area contributed by atoms with Gasteiger partial charge in [-0.3, -0.25) is 0 Å². The second-order valence-electron chi connectivity index (χ2n) is 5.32. The highest BCUT2D eigenvalue weighted by atomic mass is 35.5. The van der Waals surface area contributed by atoms with E-state index >= 15 is 0 Å². The van der Waals surface area contributed by atoms with E-state index in [-0.39, 0.29) is 12.3 Å². The maximum absolute atomic E-state index is 12.2. The van der Waals surface area contributed by atoms with Crippen LogP contribution in [0.25, 0.3) is 0 Å². The van der Waals surface area contributed by atoms with Gasteiger partial charge in [0.05, 0.1) is 29.3 Å². The molecule has 5 nitrogen and oxygen atoms in total. The molecule has 25 heavy (non-hydrogen) atoms. The van der Waals surface area contributed by atoms with E-state index in [0.717, 1.165) is 31.8 Å². The number of esters is 2. The van der Waals surface area contributed by atoms with Gasteiger partial charge >= 0.3 is 11.9 Å². The minimum absolute atomic E-state index is 0.0176. The van der Waals surface area contributed by atoms with Gasteiger partial charge in [0, 0.05) is 5.69 Å². The number of rotatable bonds is 10. The van der Waals surface area contributed by atoms with Crippen LogP contribution in [0, 0.1) is 0 Å². The Bertz CT molecular complexity index is 617. The van der Waals surface area contributed by atoms with Crippen molar-refractivity contribution in [2.24, 2.45) is 0 Å². The summed E-state index contributed by atoms with van der Waals surface area (Å²) in [5.74, 6) is -1.24. The normalized spacial score (nSPS) is 11.1. The van der Waals surface area contributed by atoms with Crippen LogP contribution >= 0.6 is 23.2 Å². The summed E-state index contributed by atoms with van der Waals surface area (Å²) in [5, 5.41) is 3.56. The lowest BCUT2D eigenvalue weighted by Crippen LogP contribution is -2.18. The highest BCUT2D eigenvalue weighted by molar-refractivity contribution is 6.42. The predicted molar refractivity (Wildman–Crippen MR) is 99.9 cm³/mol. The molecular formula is C18H23Cl2NO4. The quantitative estimate of drug-likeness (QED) is 0.348. The minimum atomic E-state index is -0.632. The molecule has 0 aromatic heterocycles. The number of benzene rings is 1. The molecule has 0 aliphatic carbocycles. The lowest BCUT2D eigenvalue weighted by Gasteiger charge is -2.11. The van der Waals surface area contributed by atoms with Crippen LogP contribution in [0.15, 0.2) is 30.0 Å². The molecule has 138 valence electrons. The minimum Gasteiger partial charge on any atom is -0.462 e. The number of unbranched alkanes of at least 4 members (excludes halogenated alkanes) is 2. The smallest absolute Gasteiger partial charge is 0.355 e. The molecule has 0 spiro atoms. The molecule has 1 aromatic carbocycles. The van der Waals surface area contributed by atoms with Gasteiger partial charge in [0.25, 0.3) is 0 Å². The van der Waals surface area contributed by atoms with E-state index in [9.17, 15) is 9.59 Å². The first kappa shape index (κ1) is 21.3. The SMILES string of the molecule is CCCCOC(=O)/C=C(\Nc1ccc(Cl)c(Cl)c1)C(=O)OCCCC. The molecule has 1 N–H and O–H groups in total. The van der Waals surface area contributed by atoms with Gasteiger partial charge in [-0.2, -0.15) is 0 Å². The molecule has 0 aliphatic rings. The summed E-state index contributed by atoms with van der Waals surface area (Å²) in [4.78, 5) is 24.1. The van der Waals surface area contributed by atoms with E-state index in [0.29, 0.717) is 22.3 Å². The first-order valence-corrected chi connectivity index (χ1v) is 9.01. The van der Waals surface area contributed by atoms with E-state index in [1.54, 1.807) is 18.2 Å². The third-order valence-corrected chi connectivity index (χ3v) is 3.89. The second-order valence-corrected chi connectivity index (χ2v) is 6.14. The van der Waals surface area contributed by atoms with Gasteiger partial charge in [-0.1, -0.05) is 49.9 Å². The Labute approximate surface area is 158 Å². The highest BCUT2D eigenvalue weighted by Gasteiger charge is 2.15. The van der Waals surface area contributed by atoms with Gasteiger partial charge in [0.2, 0.25) is 0 Å². The van der Waals surface area contributed by atoms with Gasteiger partial charge in [0.1, 0.15) is 5.70 Å². The zero-order chi connectivity index (χ0) is 18.7. The third kappa shape index (κ3) is 8.27. The Hall–Kier alpha value is -1.72. The molecule has 0 unspecified atom stereocenters. The highest BCUT2D eigenvalue weighted by Crippen LogP contribution is 2.25. The van der Waals surface area contributed by atoms with E-state index in [1.807, 2.05) is 13.8 Å². The van der Waals surface area contributed by atoms with Gasteiger partial charge in [-0.25, -0.2) is 9.59 Å². The fraction of sp³-hybridized carbons (Fsp3) is 0.444. The van der Waals surface area contributed by atoms with Crippen molar-refractivity contribution in [2.75, 3.05) is 18.5 Å². The first-order valence-electron chi connectivity index (χ1n) is 8.25. The summed E-state index contributed by atoms with van der Waals surface area (Å²) in [6, 6.07) is 4.79. The molecule has 0 saturated heterocycles. The van der Waals surface area contributed by atoms with E-state index in [4.69, 9.17) is 32.7 Å². The van der Waals surface area contributed by atoms with Crippen molar-refractivity contribution in [1.29, 1.82) is 0 Å². The lowest BCUT2D eigenvalue weighted by atomic mass is 10.3. The molecule has 7 heteroatoms. The molecule has 0 heterocycles. The average molecular weight is 388 g/mol. The number of carbonyl (C=O) groups is 2. The second kappa shape index (κ2) is 11.8. The van der Waals surface area contributed by atoms with Gasteiger partial charge < -0.3 is 14.8 Å². The lowest BCUT2D eigenvalue weighted by molar-refractivity contribution is -0.141. The Morgan fingerprint density at radius 2 is 1.68 bits per heavy atom. The molecule has 0 bridgehead atoms. The number of halogens is 2. The van der Waals surface area contributed by atoms with Crippen molar-refractivity contribution in [1.82, 2.24) is 0 Å². The van der Waals surface area contributed by atoms with Crippen LogP contribution in [-0.2, 0) is 19.1 Å². The summed E-state index contributed by atoms with van der Waals surface area (Å²) in [5.41, 5.74) is 0.491. The monoisotopic (exact) mass is 387 g/mol. The van der Waals surface area contributed by atoms with Crippen molar-refractivity contribution in [3.05, 3.63) is 40.0 Å². The van der Waals surface area contributed by atoms with E-state index in [1.165, 1.54) is 0 Å². The topological polar surface area (TPSA) is 64.6 Å². The summed E-state index contributed by atoms with van der Waals surface area (Å²) in [7, 11) is 0. The van der Waals surface area contributed by atoms with Crippen molar-refractivity contribution >= 4 is 40.8 Å². The Balaban J connectivity index is 2.87. The number of anilines is 1. The molecule has 0 aliphatic heterocycles. The van der Waals surface area contributed by atoms with Crippen molar-refractivity contribution in [3.8, 4) is 0 Å². The maximum atomic E-state index is 12.2. The largest absolute Gasteiger partial charge is 0.462 e. The standard InChI is InChI=1S/C18H23Cl2NO4/c1-3-5-9-24-17(22)12-16(18(23)25-10-6-4-2)21-13-7-8-14(19)15(20)11-13/h7-8,11-12,21H,3-6,9-10H2,1-2H3/b16-12-. The average Bonchev–Trinajstić information content (AvgIpc) is 2.58. The fourth-order valence-corrected chi connectivity index (χ4v) is 2.04. The van der Waals surface area contributed by atoms with E-state index in [2.05, 4.69) is 5.32 Å². The number of hydrogen-bond acceptors (Lipinski definition) is 5. The molecule has 1 aromatic rings. The number of carbonyl (C=O) groups excluding carboxylic acids is 2. The molecule has 0 saturated carbocycles. The number of nitrogens with one attached hydrogen (secondary N) is 1. The summed E-state index contributed by atoms with van der Waals surface area (Å²) in [6.07, 6.45) is 4.39. The number of ether oxygens (including phenoxy) is 2. The van der Waals surface area contributed by atoms with Crippen molar-refractivity contribution in [3.63, 3.8) is 0 Å². The Morgan fingerprint density at radius 3 is 2.28 bits per heavy atom. The van der Waals surface area contributed by atoms with E-state index < -0.39 is 11.9 Å². The predicted octanol–water partition coefficient (Wildman–Crippen LogP) is 4.98. The van der Waals surface area contributed by atoms with Gasteiger partial charge in [-0.05, 0) is 31.0 Å². The van der Waals surface area contributed by atoms with Crippen LogP contribution in [0.1, 0.15) is 39.5 Å². The molecule has 0 atom stereocenters. The van der Waals surface area contributed by atoms with Gasteiger partial charge in [0.15, 0.2) is 0 Å². The van der Waals surface area contributed by atoms with Crippen LogP contribution < -0.4 is 5.32 Å². The molecule has 0 radical (unpaired) electrons. The Kier molecular flexibility index (Phi) is 10.0. The van der Waals surface area contributed by atoms with Crippen LogP contribution in [0.5, 0.6) is 0 Å². The van der Waals surface area contributed by atoms with Gasteiger partial charge in [-0.15, -0.1) is 0 Å². The van der Waals surface area contributed by atoms with Crippen LogP contribution in [0.2, 0.25) is 10.0 Å². The number of hydrogen-bond donors (Lipinski definition) is 1. The molecule has 0 fully saturated rings. The molecule has 1 rings (SSSR count). The molecular weight excluding hydrogens is 365 g/mol.